The van der Waals surface area contributed by atoms with Gasteiger partial charge in [-0.25, -0.2) is 4.39 Å². The lowest BCUT2D eigenvalue weighted by molar-refractivity contribution is 0.112. The van der Waals surface area contributed by atoms with Gasteiger partial charge in [-0.1, -0.05) is 12.1 Å². The van der Waals surface area contributed by atoms with Crippen LogP contribution in [0.1, 0.15) is 15.9 Å². The number of ether oxygens (including phenoxy) is 1. The maximum Gasteiger partial charge on any atom is 0.150 e. The van der Waals surface area contributed by atoms with Crippen LogP contribution in [0, 0.1) is 5.82 Å². The molecule has 19 heavy (non-hydrogen) atoms. The van der Waals surface area contributed by atoms with E-state index in [2.05, 4.69) is 0 Å². The molecule has 98 valence electrons. The number of carbonyl (C=O) groups is 1. The Morgan fingerprint density at radius 3 is 2.47 bits per heavy atom. The summed E-state index contributed by atoms with van der Waals surface area (Å²) in [6, 6.07) is 10.9. The van der Waals surface area contributed by atoms with Crippen LogP contribution in [0.25, 0.3) is 0 Å². The van der Waals surface area contributed by atoms with Gasteiger partial charge in [-0.05, 0) is 36.2 Å². The zero-order valence-corrected chi connectivity index (χ0v) is 10.2. The first-order chi connectivity index (χ1) is 9.21. The van der Waals surface area contributed by atoms with Crippen molar-refractivity contribution < 1.29 is 19.0 Å². The van der Waals surface area contributed by atoms with Crippen LogP contribution >= 0.6 is 0 Å². The summed E-state index contributed by atoms with van der Waals surface area (Å²) < 4.78 is 18.7. The largest absolute Gasteiger partial charge is 0.457 e. The first kappa shape index (κ1) is 13.2. The molecule has 2 aromatic rings. The molecule has 0 fully saturated rings. The van der Waals surface area contributed by atoms with Gasteiger partial charge in [0.1, 0.15) is 23.6 Å². The number of aldehydes is 1. The van der Waals surface area contributed by atoms with E-state index < -0.39 is 5.82 Å². The molecule has 0 aromatic heterocycles. The van der Waals surface area contributed by atoms with Gasteiger partial charge in [0, 0.05) is 18.2 Å². The number of rotatable bonds is 5. The monoisotopic (exact) mass is 260 g/mol. The van der Waals surface area contributed by atoms with Crippen LogP contribution in [0.4, 0.5) is 4.39 Å². The SMILES string of the molecule is O=Cc1cc(F)cc(Oc2ccc(CCO)cc2)c1. The van der Waals surface area contributed by atoms with E-state index in [0.29, 0.717) is 18.5 Å². The first-order valence-corrected chi connectivity index (χ1v) is 5.84. The molecule has 1 N–H and O–H groups in total. The van der Waals surface area contributed by atoms with Gasteiger partial charge < -0.3 is 9.84 Å². The zero-order valence-electron chi connectivity index (χ0n) is 10.2. The fourth-order valence-corrected chi connectivity index (χ4v) is 1.70. The van der Waals surface area contributed by atoms with E-state index in [1.165, 1.54) is 12.1 Å². The molecule has 0 amide bonds. The van der Waals surface area contributed by atoms with E-state index in [-0.39, 0.29) is 17.9 Å². The molecule has 0 atom stereocenters. The smallest absolute Gasteiger partial charge is 0.150 e. The predicted molar refractivity (Wildman–Crippen MR) is 69.1 cm³/mol. The quantitative estimate of drug-likeness (QED) is 0.841. The molecule has 0 unspecified atom stereocenters. The molecule has 0 bridgehead atoms. The highest BCUT2D eigenvalue weighted by molar-refractivity contribution is 5.75. The Bertz CT molecular complexity index is 564. The van der Waals surface area contributed by atoms with E-state index in [0.717, 1.165) is 11.6 Å². The average Bonchev–Trinajstić information content (AvgIpc) is 2.40. The first-order valence-electron chi connectivity index (χ1n) is 5.84. The van der Waals surface area contributed by atoms with Gasteiger partial charge >= 0.3 is 0 Å². The average molecular weight is 260 g/mol. The summed E-state index contributed by atoms with van der Waals surface area (Å²) in [7, 11) is 0. The van der Waals surface area contributed by atoms with Gasteiger partial charge in [-0.15, -0.1) is 0 Å². The van der Waals surface area contributed by atoms with Crippen molar-refractivity contribution in [2.24, 2.45) is 0 Å². The number of halogens is 1. The lowest BCUT2D eigenvalue weighted by Gasteiger charge is -2.07. The molecule has 0 aliphatic carbocycles. The Hall–Kier alpha value is -2.20. The van der Waals surface area contributed by atoms with Crippen molar-refractivity contribution >= 4 is 6.29 Å². The fraction of sp³-hybridized carbons (Fsp3) is 0.133. The highest BCUT2D eigenvalue weighted by atomic mass is 19.1. The summed E-state index contributed by atoms with van der Waals surface area (Å²) in [6.45, 7) is 0.0901. The Labute approximate surface area is 110 Å². The van der Waals surface area contributed by atoms with E-state index in [9.17, 15) is 9.18 Å². The summed E-state index contributed by atoms with van der Waals surface area (Å²) in [5.41, 5.74) is 1.22. The molecular weight excluding hydrogens is 247 g/mol. The van der Waals surface area contributed by atoms with E-state index >= 15 is 0 Å². The minimum absolute atomic E-state index is 0.0901. The van der Waals surface area contributed by atoms with Crippen molar-refractivity contribution in [2.45, 2.75) is 6.42 Å². The van der Waals surface area contributed by atoms with Crippen LogP contribution < -0.4 is 4.74 Å². The lowest BCUT2D eigenvalue weighted by atomic mass is 10.1. The third kappa shape index (κ3) is 3.63. The predicted octanol–water partition coefficient (Wildman–Crippen LogP) is 2.97. The van der Waals surface area contributed by atoms with Crippen LogP contribution in [-0.2, 0) is 6.42 Å². The van der Waals surface area contributed by atoms with Gasteiger partial charge in [-0.2, -0.15) is 0 Å². The molecular formula is C15H13FO3. The fourth-order valence-electron chi connectivity index (χ4n) is 1.70. The van der Waals surface area contributed by atoms with Crippen LogP contribution in [0.3, 0.4) is 0 Å². The molecule has 4 heteroatoms. The Balaban J connectivity index is 2.16. The normalized spacial score (nSPS) is 10.2. The Morgan fingerprint density at radius 2 is 1.84 bits per heavy atom. The maximum atomic E-state index is 13.2. The van der Waals surface area contributed by atoms with Gasteiger partial charge in [0.05, 0.1) is 0 Å². The van der Waals surface area contributed by atoms with Gasteiger partial charge in [0.2, 0.25) is 0 Å². The van der Waals surface area contributed by atoms with E-state index in [4.69, 9.17) is 9.84 Å². The van der Waals surface area contributed by atoms with Crippen molar-refractivity contribution in [1.29, 1.82) is 0 Å². The van der Waals surface area contributed by atoms with Crippen LogP contribution in [0.5, 0.6) is 11.5 Å². The van der Waals surface area contributed by atoms with Crippen molar-refractivity contribution in [1.82, 2.24) is 0 Å². The molecule has 0 aliphatic heterocycles. The van der Waals surface area contributed by atoms with Crippen molar-refractivity contribution in [3.05, 3.63) is 59.4 Å². The highest BCUT2D eigenvalue weighted by Gasteiger charge is 2.03. The van der Waals surface area contributed by atoms with Gasteiger partial charge in [-0.3, -0.25) is 4.79 Å². The number of benzene rings is 2. The van der Waals surface area contributed by atoms with E-state index in [1.54, 1.807) is 12.1 Å². The molecule has 0 heterocycles. The zero-order chi connectivity index (χ0) is 13.7. The van der Waals surface area contributed by atoms with Crippen LogP contribution in [0.2, 0.25) is 0 Å². The van der Waals surface area contributed by atoms with Crippen molar-refractivity contribution in [3.8, 4) is 11.5 Å². The Kier molecular flexibility index (Phi) is 4.26. The number of hydrogen-bond donors (Lipinski definition) is 1. The molecule has 2 rings (SSSR count). The second-order valence-electron chi connectivity index (χ2n) is 4.06. The summed E-state index contributed by atoms with van der Waals surface area (Å²) in [5, 5.41) is 8.81. The number of carbonyl (C=O) groups excluding carboxylic acids is 1. The second-order valence-corrected chi connectivity index (χ2v) is 4.06. The summed E-state index contributed by atoms with van der Waals surface area (Å²) in [6.07, 6.45) is 1.15. The molecule has 0 saturated heterocycles. The maximum absolute atomic E-state index is 13.2. The molecule has 0 radical (unpaired) electrons. The minimum Gasteiger partial charge on any atom is -0.457 e. The molecule has 3 nitrogen and oxygen atoms in total. The topological polar surface area (TPSA) is 46.5 Å². The highest BCUT2D eigenvalue weighted by Crippen LogP contribution is 2.23. The van der Waals surface area contributed by atoms with Crippen LogP contribution in [-0.4, -0.2) is 18.0 Å². The van der Waals surface area contributed by atoms with Crippen molar-refractivity contribution in [2.75, 3.05) is 6.61 Å². The third-order valence-corrected chi connectivity index (χ3v) is 2.59. The number of hydrogen-bond acceptors (Lipinski definition) is 3. The molecule has 0 aliphatic rings. The minimum atomic E-state index is -0.517. The van der Waals surface area contributed by atoms with Crippen LogP contribution in [0.15, 0.2) is 42.5 Å². The second kappa shape index (κ2) is 6.11. The molecule has 0 spiro atoms. The summed E-state index contributed by atoms with van der Waals surface area (Å²) >= 11 is 0. The summed E-state index contributed by atoms with van der Waals surface area (Å²) in [4.78, 5) is 10.6. The molecule has 0 saturated carbocycles. The van der Waals surface area contributed by atoms with E-state index in [1.807, 2.05) is 12.1 Å². The third-order valence-electron chi connectivity index (χ3n) is 2.59. The van der Waals surface area contributed by atoms with Crippen molar-refractivity contribution in [3.63, 3.8) is 0 Å². The van der Waals surface area contributed by atoms with Gasteiger partial charge in [0.15, 0.2) is 0 Å². The Morgan fingerprint density at radius 1 is 1.11 bits per heavy atom. The number of aliphatic hydroxyl groups excluding tert-OH is 1. The summed E-state index contributed by atoms with van der Waals surface area (Å²) in [5.74, 6) is 0.303. The molecule has 2 aromatic carbocycles. The van der Waals surface area contributed by atoms with Gasteiger partial charge in [0.25, 0.3) is 0 Å². The number of aliphatic hydroxyl groups is 1. The lowest BCUT2D eigenvalue weighted by Crippen LogP contribution is -1.91. The standard InChI is InChI=1S/C15H13FO3/c16-13-7-12(10-18)8-15(9-13)19-14-3-1-11(2-4-14)5-6-17/h1-4,7-10,17H,5-6H2.